The summed E-state index contributed by atoms with van der Waals surface area (Å²) in [7, 11) is 0. The molecule has 1 amide bonds. The molecule has 7 nitrogen and oxygen atoms in total. The highest BCUT2D eigenvalue weighted by atomic mass is 32.2. The summed E-state index contributed by atoms with van der Waals surface area (Å²) < 4.78 is 16.6. The van der Waals surface area contributed by atoms with Gasteiger partial charge in [-0.1, -0.05) is 56.9 Å². The SMILES string of the molecule is CCCn1c(N2CCN(c3ccccc3F)CC2)c(C=C2SC(=S)N(CC(C)C)C2=O)c(C)c(C#N)c1=O. The largest absolute Gasteiger partial charge is 0.366 e. The maximum absolute atomic E-state index is 14.4. The number of para-hydroxylation sites is 1. The van der Waals surface area contributed by atoms with Crippen molar-refractivity contribution < 1.29 is 9.18 Å². The van der Waals surface area contributed by atoms with E-state index in [-0.39, 0.29) is 28.8 Å². The summed E-state index contributed by atoms with van der Waals surface area (Å²) in [5.74, 6) is 0.532. The Labute approximate surface area is 232 Å². The third kappa shape index (κ3) is 5.36. The topological polar surface area (TPSA) is 72.6 Å². The molecule has 0 unspecified atom stereocenters. The lowest BCUT2D eigenvalue weighted by molar-refractivity contribution is -0.122. The average molecular weight is 554 g/mol. The fourth-order valence-corrected chi connectivity index (χ4v) is 6.19. The number of thiocarbonyl (C=S) groups is 1. The van der Waals surface area contributed by atoms with Crippen molar-refractivity contribution >= 4 is 51.8 Å². The van der Waals surface area contributed by atoms with E-state index >= 15 is 0 Å². The molecule has 2 aliphatic rings. The zero-order valence-electron chi connectivity index (χ0n) is 22.2. The molecule has 0 N–H and O–H groups in total. The van der Waals surface area contributed by atoms with E-state index in [9.17, 15) is 19.2 Å². The van der Waals surface area contributed by atoms with E-state index in [0.29, 0.717) is 77.5 Å². The first-order valence-electron chi connectivity index (χ1n) is 12.8. The lowest BCUT2D eigenvalue weighted by atomic mass is 10.0. The van der Waals surface area contributed by atoms with Gasteiger partial charge < -0.3 is 9.80 Å². The van der Waals surface area contributed by atoms with Gasteiger partial charge in [0, 0.05) is 44.8 Å². The van der Waals surface area contributed by atoms with Crippen LogP contribution in [-0.4, -0.2) is 52.4 Å². The van der Waals surface area contributed by atoms with E-state index in [4.69, 9.17) is 12.2 Å². The van der Waals surface area contributed by atoms with Crippen LogP contribution >= 0.6 is 24.0 Å². The van der Waals surface area contributed by atoms with Gasteiger partial charge in [0.25, 0.3) is 11.5 Å². The van der Waals surface area contributed by atoms with Gasteiger partial charge in [-0.05, 0) is 43.0 Å². The number of rotatable bonds is 7. The van der Waals surface area contributed by atoms with Crippen LogP contribution in [-0.2, 0) is 11.3 Å². The Morgan fingerprint density at radius 1 is 1.16 bits per heavy atom. The Kier molecular flexibility index (Phi) is 8.58. The number of nitriles is 1. The van der Waals surface area contributed by atoms with Crippen molar-refractivity contribution in [3.63, 3.8) is 0 Å². The summed E-state index contributed by atoms with van der Waals surface area (Å²) in [6.45, 7) is 11.0. The first kappa shape index (κ1) is 27.9. The first-order chi connectivity index (χ1) is 18.2. The Bertz CT molecular complexity index is 1390. The quantitative estimate of drug-likeness (QED) is 0.362. The van der Waals surface area contributed by atoms with Gasteiger partial charge >= 0.3 is 0 Å². The number of hydrogen-bond donors (Lipinski definition) is 0. The molecule has 1 aromatic heterocycles. The molecule has 10 heteroatoms. The summed E-state index contributed by atoms with van der Waals surface area (Å²) in [5.41, 5.74) is 1.53. The van der Waals surface area contributed by atoms with Crippen LogP contribution in [0.3, 0.4) is 0 Å². The van der Waals surface area contributed by atoms with Crippen molar-refractivity contribution in [1.82, 2.24) is 9.47 Å². The maximum atomic E-state index is 14.4. The molecular weight excluding hydrogens is 521 g/mol. The van der Waals surface area contributed by atoms with E-state index in [1.54, 1.807) is 34.6 Å². The number of pyridine rings is 1. The second-order valence-corrected chi connectivity index (χ2v) is 11.6. The fraction of sp³-hybridized carbons (Fsp3) is 0.429. The summed E-state index contributed by atoms with van der Waals surface area (Å²) in [4.78, 5) is 32.9. The van der Waals surface area contributed by atoms with E-state index in [1.807, 2.05) is 31.7 Å². The van der Waals surface area contributed by atoms with Crippen LogP contribution in [0.1, 0.15) is 43.9 Å². The van der Waals surface area contributed by atoms with Crippen LogP contribution in [0.15, 0.2) is 34.0 Å². The summed E-state index contributed by atoms with van der Waals surface area (Å²) in [5, 5.41) is 9.86. The Hall–Kier alpha value is -3.16. The first-order valence-corrected chi connectivity index (χ1v) is 14.1. The van der Waals surface area contributed by atoms with Crippen molar-refractivity contribution in [3.8, 4) is 6.07 Å². The van der Waals surface area contributed by atoms with Crippen LogP contribution in [0.5, 0.6) is 0 Å². The molecule has 0 radical (unpaired) electrons. The molecule has 2 aliphatic heterocycles. The smallest absolute Gasteiger partial charge is 0.270 e. The molecule has 3 heterocycles. The molecule has 38 heavy (non-hydrogen) atoms. The van der Waals surface area contributed by atoms with Gasteiger partial charge in [-0.15, -0.1) is 0 Å². The number of amides is 1. The normalized spacial score (nSPS) is 17.2. The van der Waals surface area contributed by atoms with Crippen LogP contribution in [0.2, 0.25) is 0 Å². The van der Waals surface area contributed by atoms with Gasteiger partial charge in [0.05, 0.1) is 10.6 Å². The van der Waals surface area contributed by atoms with Gasteiger partial charge in [0.1, 0.15) is 27.6 Å². The molecule has 0 spiro atoms. The predicted molar refractivity (Wildman–Crippen MR) is 156 cm³/mol. The summed E-state index contributed by atoms with van der Waals surface area (Å²) >= 11 is 6.75. The third-order valence-electron chi connectivity index (χ3n) is 6.76. The zero-order chi connectivity index (χ0) is 27.6. The van der Waals surface area contributed by atoms with Crippen LogP contribution in [0.4, 0.5) is 15.9 Å². The lowest BCUT2D eigenvalue weighted by Crippen LogP contribution is -2.49. The average Bonchev–Trinajstić information content (AvgIpc) is 3.15. The number of hydrogen-bond acceptors (Lipinski definition) is 7. The Balaban J connectivity index is 1.79. The maximum Gasteiger partial charge on any atom is 0.270 e. The number of nitrogens with zero attached hydrogens (tertiary/aromatic N) is 5. The van der Waals surface area contributed by atoms with Gasteiger partial charge in [0.15, 0.2) is 0 Å². The van der Waals surface area contributed by atoms with Gasteiger partial charge in [-0.3, -0.25) is 19.1 Å². The molecule has 0 atom stereocenters. The Morgan fingerprint density at radius 3 is 2.42 bits per heavy atom. The standard InChI is InChI=1S/C28H32FN5O2S2/c1-5-10-33-25(32-13-11-31(12-14-32)23-9-7-6-8-22(23)29)20(19(4)21(16-30)26(33)35)15-24-27(36)34(17-18(2)3)28(37)38-24/h6-9,15,18H,5,10-14,17H2,1-4H3. The van der Waals surface area contributed by atoms with Gasteiger partial charge in [-0.2, -0.15) is 5.26 Å². The molecule has 1 aromatic carbocycles. The summed E-state index contributed by atoms with van der Waals surface area (Å²) in [6, 6.07) is 8.81. The highest BCUT2D eigenvalue weighted by Gasteiger charge is 2.34. The number of carbonyl (C=O) groups excluding carboxylic acids is 1. The van der Waals surface area contributed by atoms with E-state index in [1.165, 1.54) is 17.8 Å². The molecular formula is C28H32FN5O2S2. The molecule has 0 bridgehead atoms. The molecule has 200 valence electrons. The highest BCUT2D eigenvalue weighted by Crippen LogP contribution is 2.36. The third-order valence-corrected chi connectivity index (χ3v) is 8.14. The lowest BCUT2D eigenvalue weighted by Gasteiger charge is -2.39. The molecule has 4 rings (SSSR count). The van der Waals surface area contributed by atoms with Crippen molar-refractivity contribution in [2.45, 2.75) is 40.7 Å². The molecule has 0 saturated carbocycles. The second-order valence-electron chi connectivity index (χ2n) is 9.92. The van der Waals surface area contributed by atoms with E-state index < -0.39 is 0 Å². The fourth-order valence-electron chi connectivity index (χ4n) is 4.94. The van der Waals surface area contributed by atoms with E-state index in [2.05, 4.69) is 11.0 Å². The molecule has 2 aromatic rings. The van der Waals surface area contributed by atoms with Crippen LogP contribution < -0.4 is 15.4 Å². The number of piperazine rings is 1. The van der Waals surface area contributed by atoms with Crippen molar-refractivity contribution in [1.29, 1.82) is 5.26 Å². The molecule has 2 saturated heterocycles. The monoisotopic (exact) mass is 553 g/mol. The number of halogens is 1. The second kappa shape index (κ2) is 11.7. The van der Waals surface area contributed by atoms with E-state index in [0.717, 1.165) is 0 Å². The van der Waals surface area contributed by atoms with Gasteiger partial charge in [-0.25, -0.2) is 4.39 Å². The number of thioether (sulfide) groups is 1. The number of benzene rings is 1. The van der Waals surface area contributed by atoms with Crippen molar-refractivity contribution in [3.05, 3.63) is 62.0 Å². The number of carbonyl (C=O) groups is 1. The van der Waals surface area contributed by atoms with Crippen molar-refractivity contribution in [2.75, 3.05) is 42.5 Å². The molecule has 2 fully saturated rings. The molecule has 0 aliphatic carbocycles. The van der Waals surface area contributed by atoms with Crippen LogP contribution in [0.25, 0.3) is 6.08 Å². The summed E-state index contributed by atoms with van der Waals surface area (Å²) in [6.07, 6.45) is 2.49. The Morgan fingerprint density at radius 2 is 1.82 bits per heavy atom. The zero-order valence-corrected chi connectivity index (χ0v) is 23.8. The predicted octanol–water partition coefficient (Wildman–Crippen LogP) is 4.76. The van der Waals surface area contributed by atoms with Crippen molar-refractivity contribution in [2.24, 2.45) is 5.92 Å². The van der Waals surface area contributed by atoms with Gasteiger partial charge in [0.2, 0.25) is 0 Å². The highest BCUT2D eigenvalue weighted by molar-refractivity contribution is 8.26. The minimum Gasteiger partial charge on any atom is -0.366 e. The number of aromatic nitrogens is 1. The minimum absolute atomic E-state index is 0.0797. The minimum atomic E-state index is -0.331. The van der Waals surface area contributed by atoms with Crippen LogP contribution in [0, 0.1) is 30.0 Å². The number of anilines is 2.